The zero-order valence-electron chi connectivity index (χ0n) is 17.0. The standard InChI is InChI=1S/C21H26FNO2S.CH4S/c1-23(2)14-20(26(3,24)25)13-18-11-17-12-19(22)9-8-15(17)10-16-6-4-5-7-21(16)18;1-2/h4-9,12,18,20H,10-11,13-14H2,1-3H3;2H,1H3/t18?,20-;/m1./s1. The third-order valence-electron chi connectivity index (χ3n) is 5.23. The van der Waals surface area contributed by atoms with Gasteiger partial charge in [0.1, 0.15) is 5.82 Å². The molecule has 1 unspecified atom stereocenters. The Morgan fingerprint density at radius 1 is 1.11 bits per heavy atom. The highest BCUT2D eigenvalue weighted by atomic mass is 32.2. The number of sulfone groups is 1. The van der Waals surface area contributed by atoms with Crippen molar-refractivity contribution in [3.63, 3.8) is 0 Å². The van der Waals surface area contributed by atoms with E-state index in [4.69, 9.17) is 0 Å². The number of rotatable bonds is 5. The molecule has 0 radical (unpaired) electrons. The van der Waals surface area contributed by atoms with Crippen LogP contribution in [-0.2, 0) is 22.7 Å². The van der Waals surface area contributed by atoms with Gasteiger partial charge in [-0.2, -0.15) is 12.6 Å². The molecule has 3 rings (SSSR count). The number of nitrogens with zero attached hydrogens (tertiary/aromatic N) is 1. The van der Waals surface area contributed by atoms with E-state index in [1.165, 1.54) is 23.4 Å². The van der Waals surface area contributed by atoms with Crippen LogP contribution in [0.5, 0.6) is 0 Å². The van der Waals surface area contributed by atoms with Crippen molar-refractivity contribution >= 4 is 22.5 Å². The van der Waals surface area contributed by atoms with E-state index in [1.807, 2.05) is 37.2 Å². The average Bonchev–Trinajstić information content (AvgIpc) is 2.78. The van der Waals surface area contributed by atoms with Crippen LogP contribution in [0.3, 0.4) is 0 Å². The van der Waals surface area contributed by atoms with E-state index >= 15 is 0 Å². The molecule has 2 aromatic carbocycles. The van der Waals surface area contributed by atoms with Crippen molar-refractivity contribution in [3.05, 3.63) is 70.5 Å². The van der Waals surface area contributed by atoms with Crippen molar-refractivity contribution in [2.24, 2.45) is 0 Å². The lowest BCUT2D eigenvalue weighted by atomic mass is 9.87. The molecule has 1 aliphatic carbocycles. The number of benzene rings is 2. The summed E-state index contributed by atoms with van der Waals surface area (Å²) in [6.45, 7) is 0.494. The van der Waals surface area contributed by atoms with E-state index in [-0.39, 0.29) is 11.7 Å². The molecule has 0 saturated heterocycles. The Balaban J connectivity index is 0.00000136. The molecule has 0 heterocycles. The zero-order chi connectivity index (χ0) is 20.9. The van der Waals surface area contributed by atoms with Crippen LogP contribution in [0.4, 0.5) is 4.39 Å². The summed E-state index contributed by atoms with van der Waals surface area (Å²) in [4.78, 5) is 1.92. The van der Waals surface area contributed by atoms with Crippen molar-refractivity contribution in [2.45, 2.75) is 30.4 Å². The molecule has 1 aliphatic rings. The summed E-state index contributed by atoms with van der Waals surface area (Å²) in [7, 11) is 0.610. The van der Waals surface area contributed by atoms with Crippen molar-refractivity contribution in [2.75, 3.05) is 33.2 Å². The second-order valence-corrected chi connectivity index (χ2v) is 9.96. The van der Waals surface area contributed by atoms with Crippen LogP contribution in [0.1, 0.15) is 34.6 Å². The second kappa shape index (κ2) is 9.90. The Hall–Kier alpha value is -1.37. The molecular weight excluding hydrogens is 393 g/mol. The van der Waals surface area contributed by atoms with E-state index in [1.54, 1.807) is 12.3 Å². The van der Waals surface area contributed by atoms with Crippen LogP contribution < -0.4 is 0 Å². The molecule has 6 heteroatoms. The van der Waals surface area contributed by atoms with E-state index in [0.717, 1.165) is 17.5 Å². The summed E-state index contributed by atoms with van der Waals surface area (Å²) in [6.07, 6.45) is 4.99. The molecule has 0 spiro atoms. The predicted octanol–water partition coefficient (Wildman–Crippen LogP) is 3.97. The molecular formula is C22H30FNO2S2. The van der Waals surface area contributed by atoms with Gasteiger partial charge in [-0.15, -0.1) is 0 Å². The van der Waals surface area contributed by atoms with Crippen LogP contribution in [-0.4, -0.2) is 51.7 Å². The van der Waals surface area contributed by atoms with Crippen LogP contribution >= 0.6 is 12.6 Å². The van der Waals surface area contributed by atoms with E-state index in [0.29, 0.717) is 19.4 Å². The van der Waals surface area contributed by atoms with Gasteiger partial charge in [0.2, 0.25) is 0 Å². The first-order chi connectivity index (χ1) is 13.2. The van der Waals surface area contributed by atoms with Gasteiger partial charge >= 0.3 is 0 Å². The minimum absolute atomic E-state index is 0.0638. The number of hydrogen-bond donors (Lipinski definition) is 1. The van der Waals surface area contributed by atoms with E-state index in [9.17, 15) is 12.8 Å². The highest BCUT2D eigenvalue weighted by Crippen LogP contribution is 2.36. The monoisotopic (exact) mass is 423 g/mol. The Bertz CT molecular complexity index is 897. The number of thiol groups is 1. The number of halogens is 1. The first-order valence-corrected chi connectivity index (χ1v) is 12.2. The minimum atomic E-state index is -3.18. The number of fused-ring (bicyclic) bond motifs is 2. The quantitative estimate of drug-likeness (QED) is 0.740. The van der Waals surface area contributed by atoms with Gasteiger partial charge in [0.05, 0.1) is 5.25 Å². The maximum Gasteiger partial charge on any atom is 0.151 e. The maximum absolute atomic E-state index is 13.8. The van der Waals surface area contributed by atoms with Crippen molar-refractivity contribution in [1.29, 1.82) is 0 Å². The van der Waals surface area contributed by atoms with Crippen molar-refractivity contribution in [3.8, 4) is 0 Å². The van der Waals surface area contributed by atoms with Gasteiger partial charge in [-0.1, -0.05) is 30.3 Å². The highest BCUT2D eigenvalue weighted by molar-refractivity contribution is 7.91. The van der Waals surface area contributed by atoms with Gasteiger partial charge in [0, 0.05) is 12.8 Å². The summed E-state index contributed by atoms with van der Waals surface area (Å²) in [6, 6.07) is 13.2. The SMILES string of the molecule is CN(C)C[C@@H](CC1Cc2cc(F)ccc2Cc2ccccc21)S(C)(=O)=O.CS. The molecule has 28 heavy (non-hydrogen) atoms. The topological polar surface area (TPSA) is 37.4 Å². The van der Waals surface area contributed by atoms with Gasteiger partial charge in [-0.3, -0.25) is 0 Å². The molecule has 0 aromatic heterocycles. The van der Waals surface area contributed by atoms with Crippen LogP contribution in [0.25, 0.3) is 0 Å². The Morgan fingerprint density at radius 2 is 1.79 bits per heavy atom. The molecule has 0 amide bonds. The second-order valence-electron chi connectivity index (χ2n) is 7.64. The van der Waals surface area contributed by atoms with Gasteiger partial charge in [0.25, 0.3) is 0 Å². The fourth-order valence-electron chi connectivity index (χ4n) is 3.95. The van der Waals surface area contributed by atoms with E-state index in [2.05, 4.69) is 24.8 Å². The maximum atomic E-state index is 13.8. The summed E-state index contributed by atoms with van der Waals surface area (Å²) in [5.74, 6) is -0.171. The molecule has 0 fully saturated rings. The molecule has 154 valence electrons. The molecule has 0 aliphatic heterocycles. The fourth-order valence-corrected chi connectivity index (χ4v) is 5.10. The van der Waals surface area contributed by atoms with Crippen molar-refractivity contribution < 1.29 is 12.8 Å². The summed E-state index contributed by atoms with van der Waals surface area (Å²) < 4.78 is 38.5. The lowest BCUT2D eigenvalue weighted by molar-refractivity contribution is 0.382. The molecule has 2 atom stereocenters. The van der Waals surface area contributed by atoms with Crippen LogP contribution in [0.15, 0.2) is 42.5 Å². The smallest absolute Gasteiger partial charge is 0.151 e. The third-order valence-corrected chi connectivity index (χ3v) is 6.78. The largest absolute Gasteiger partial charge is 0.308 e. The summed E-state index contributed by atoms with van der Waals surface area (Å²) in [5.41, 5.74) is 4.52. The predicted molar refractivity (Wildman–Crippen MR) is 119 cm³/mol. The first kappa shape index (κ1) is 22.9. The van der Waals surface area contributed by atoms with E-state index < -0.39 is 15.1 Å². The molecule has 0 bridgehead atoms. The van der Waals surface area contributed by atoms with Gasteiger partial charge < -0.3 is 4.90 Å². The normalized spacial score (nSPS) is 17.0. The first-order valence-electron chi connectivity index (χ1n) is 9.37. The van der Waals surface area contributed by atoms with Gasteiger partial charge in [-0.05, 0) is 79.9 Å². The van der Waals surface area contributed by atoms with Gasteiger partial charge in [-0.25, -0.2) is 12.8 Å². The lowest BCUT2D eigenvalue weighted by Gasteiger charge is -2.25. The fraction of sp³-hybridized carbons (Fsp3) is 0.455. The molecule has 0 N–H and O–H groups in total. The minimum Gasteiger partial charge on any atom is -0.308 e. The summed E-state index contributed by atoms with van der Waals surface area (Å²) in [5, 5.41) is -0.439. The third kappa shape index (κ3) is 5.82. The van der Waals surface area contributed by atoms with Crippen LogP contribution in [0.2, 0.25) is 0 Å². The highest BCUT2D eigenvalue weighted by Gasteiger charge is 2.29. The molecule has 3 nitrogen and oxygen atoms in total. The van der Waals surface area contributed by atoms with Crippen LogP contribution in [0, 0.1) is 5.82 Å². The lowest BCUT2D eigenvalue weighted by Crippen LogP contribution is -2.34. The summed E-state index contributed by atoms with van der Waals surface area (Å²) >= 11 is 3.53. The molecule has 0 saturated carbocycles. The zero-order valence-corrected chi connectivity index (χ0v) is 18.7. The van der Waals surface area contributed by atoms with Gasteiger partial charge in [0.15, 0.2) is 9.84 Å². The Labute approximate surface area is 174 Å². The van der Waals surface area contributed by atoms with Crippen molar-refractivity contribution in [1.82, 2.24) is 4.90 Å². The number of hydrogen-bond acceptors (Lipinski definition) is 4. The Kier molecular flexibility index (Phi) is 8.10. The Morgan fingerprint density at radius 3 is 2.43 bits per heavy atom. The molecule has 2 aromatic rings. The average molecular weight is 424 g/mol.